The number of hydrogen-bond acceptors (Lipinski definition) is 3. The van der Waals surface area contributed by atoms with Crippen LogP contribution in [0, 0.1) is 11.8 Å². The SMILES string of the molecule is CC[C@H](C)[C@H](N)CN(CCOC)C(C)C1CC1. The lowest BCUT2D eigenvalue weighted by Crippen LogP contribution is -2.47. The van der Waals surface area contributed by atoms with Gasteiger partial charge in [0.25, 0.3) is 0 Å². The van der Waals surface area contributed by atoms with Crippen LogP contribution in [-0.4, -0.2) is 43.8 Å². The smallest absolute Gasteiger partial charge is 0.0589 e. The van der Waals surface area contributed by atoms with Crippen molar-refractivity contribution in [2.45, 2.75) is 52.1 Å². The van der Waals surface area contributed by atoms with Crippen LogP contribution in [-0.2, 0) is 4.74 Å². The van der Waals surface area contributed by atoms with E-state index in [1.54, 1.807) is 7.11 Å². The van der Waals surface area contributed by atoms with E-state index in [-0.39, 0.29) is 6.04 Å². The van der Waals surface area contributed by atoms with Crippen molar-refractivity contribution in [3.05, 3.63) is 0 Å². The molecule has 1 fully saturated rings. The molecule has 0 saturated heterocycles. The number of hydrogen-bond donors (Lipinski definition) is 1. The molecule has 0 spiro atoms. The molecule has 0 aromatic carbocycles. The average Bonchev–Trinajstić information content (AvgIpc) is 3.16. The minimum absolute atomic E-state index is 0.290. The summed E-state index contributed by atoms with van der Waals surface area (Å²) in [4.78, 5) is 2.53. The molecule has 17 heavy (non-hydrogen) atoms. The van der Waals surface area contributed by atoms with Crippen LogP contribution in [0.1, 0.15) is 40.0 Å². The Labute approximate surface area is 107 Å². The summed E-state index contributed by atoms with van der Waals surface area (Å²) in [5.41, 5.74) is 6.28. The Morgan fingerprint density at radius 3 is 2.47 bits per heavy atom. The van der Waals surface area contributed by atoms with Crippen LogP contribution in [0.5, 0.6) is 0 Å². The molecule has 0 heterocycles. The molecule has 0 radical (unpaired) electrons. The van der Waals surface area contributed by atoms with Gasteiger partial charge in [-0.3, -0.25) is 4.90 Å². The number of nitrogens with zero attached hydrogens (tertiary/aromatic N) is 1. The Hall–Kier alpha value is -0.120. The first-order chi connectivity index (χ1) is 8.10. The van der Waals surface area contributed by atoms with Crippen molar-refractivity contribution in [3.8, 4) is 0 Å². The standard InChI is InChI=1S/C14H30N2O/c1-5-11(2)14(15)10-16(8-9-17-4)12(3)13-6-7-13/h11-14H,5-10,15H2,1-4H3/t11-,12?,14+/m0/s1. The van der Waals surface area contributed by atoms with E-state index >= 15 is 0 Å². The van der Waals surface area contributed by atoms with Crippen molar-refractivity contribution in [3.63, 3.8) is 0 Å². The van der Waals surface area contributed by atoms with Gasteiger partial charge >= 0.3 is 0 Å². The third-order valence-corrected chi connectivity index (χ3v) is 4.28. The highest BCUT2D eigenvalue weighted by Gasteiger charge is 2.32. The molecule has 3 atom stereocenters. The van der Waals surface area contributed by atoms with Crippen LogP contribution >= 0.6 is 0 Å². The molecular weight excluding hydrogens is 212 g/mol. The molecule has 0 bridgehead atoms. The maximum atomic E-state index is 6.28. The predicted molar refractivity (Wildman–Crippen MR) is 73.1 cm³/mol. The summed E-state index contributed by atoms with van der Waals surface area (Å²) in [6.45, 7) is 9.64. The van der Waals surface area contributed by atoms with Crippen molar-refractivity contribution < 1.29 is 4.74 Å². The van der Waals surface area contributed by atoms with E-state index in [4.69, 9.17) is 10.5 Å². The fourth-order valence-corrected chi connectivity index (χ4v) is 2.30. The number of ether oxygens (including phenoxy) is 1. The lowest BCUT2D eigenvalue weighted by Gasteiger charge is -2.33. The second-order valence-corrected chi connectivity index (χ2v) is 5.62. The second-order valence-electron chi connectivity index (χ2n) is 5.62. The topological polar surface area (TPSA) is 38.5 Å². The number of nitrogens with two attached hydrogens (primary N) is 1. The number of methoxy groups -OCH3 is 1. The van der Waals surface area contributed by atoms with Crippen molar-refractivity contribution in [2.24, 2.45) is 17.6 Å². The summed E-state index contributed by atoms with van der Waals surface area (Å²) in [7, 11) is 1.77. The zero-order chi connectivity index (χ0) is 12.8. The maximum absolute atomic E-state index is 6.28. The van der Waals surface area contributed by atoms with Gasteiger partial charge in [-0.25, -0.2) is 0 Å². The molecule has 1 unspecified atom stereocenters. The van der Waals surface area contributed by atoms with Gasteiger partial charge in [-0.05, 0) is 31.6 Å². The molecule has 1 aliphatic carbocycles. The fourth-order valence-electron chi connectivity index (χ4n) is 2.30. The third kappa shape index (κ3) is 4.94. The molecule has 0 aromatic rings. The molecule has 1 aliphatic rings. The van der Waals surface area contributed by atoms with Gasteiger partial charge in [0.2, 0.25) is 0 Å². The van der Waals surface area contributed by atoms with Crippen molar-refractivity contribution in [1.82, 2.24) is 4.90 Å². The summed E-state index contributed by atoms with van der Waals surface area (Å²) in [6, 6.07) is 0.957. The number of rotatable bonds is 9. The monoisotopic (exact) mass is 242 g/mol. The van der Waals surface area contributed by atoms with E-state index in [1.165, 1.54) is 12.8 Å². The molecular formula is C14H30N2O. The highest BCUT2D eigenvalue weighted by molar-refractivity contribution is 4.87. The molecule has 1 saturated carbocycles. The van der Waals surface area contributed by atoms with E-state index in [2.05, 4.69) is 25.7 Å². The van der Waals surface area contributed by atoms with Crippen LogP contribution in [0.3, 0.4) is 0 Å². The molecule has 2 N–H and O–H groups in total. The Kier molecular flexibility index (Phi) is 6.45. The van der Waals surface area contributed by atoms with E-state index in [0.717, 1.165) is 32.0 Å². The van der Waals surface area contributed by atoms with Crippen molar-refractivity contribution >= 4 is 0 Å². The molecule has 0 aliphatic heterocycles. The molecule has 3 heteroatoms. The normalized spacial score (nSPS) is 21.5. The van der Waals surface area contributed by atoms with Gasteiger partial charge in [0, 0.05) is 32.3 Å². The van der Waals surface area contributed by atoms with Gasteiger partial charge in [0.05, 0.1) is 6.61 Å². The molecule has 3 nitrogen and oxygen atoms in total. The molecule has 0 aromatic heterocycles. The van der Waals surface area contributed by atoms with E-state index < -0.39 is 0 Å². The van der Waals surface area contributed by atoms with Crippen LogP contribution < -0.4 is 5.73 Å². The van der Waals surface area contributed by atoms with E-state index in [9.17, 15) is 0 Å². The molecule has 102 valence electrons. The Morgan fingerprint density at radius 2 is 2.00 bits per heavy atom. The largest absolute Gasteiger partial charge is 0.383 e. The first-order valence-corrected chi connectivity index (χ1v) is 7.08. The van der Waals surface area contributed by atoms with Gasteiger partial charge in [0.1, 0.15) is 0 Å². The van der Waals surface area contributed by atoms with Gasteiger partial charge in [-0.15, -0.1) is 0 Å². The van der Waals surface area contributed by atoms with Crippen LogP contribution in [0.4, 0.5) is 0 Å². The molecule has 1 rings (SSSR count). The third-order valence-electron chi connectivity index (χ3n) is 4.28. The summed E-state index contributed by atoms with van der Waals surface area (Å²) in [5.74, 6) is 1.50. The maximum Gasteiger partial charge on any atom is 0.0589 e. The highest BCUT2D eigenvalue weighted by Crippen LogP contribution is 2.35. The summed E-state index contributed by atoms with van der Waals surface area (Å²) in [6.07, 6.45) is 3.95. The first-order valence-electron chi connectivity index (χ1n) is 7.08. The van der Waals surface area contributed by atoms with E-state index in [1.807, 2.05) is 0 Å². The zero-order valence-electron chi connectivity index (χ0n) is 12.0. The molecule has 0 amide bonds. The summed E-state index contributed by atoms with van der Waals surface area (Å²) in [5, 5.41) is 0. The minimum atomic E-state index is 0.290. The highest BCUT2D eigenvalue weighted by atomic mass is 16.5. The summed E-state index contributed by atoms with van der Waals surface area (Å²) < 4.78 is 5.21. The lowest BCUT2D eigenvalue weighted by atomic mass is 9.98. The van der Waals surface area contributed by atoms with Gasteiger partial charge < -0.3 is 10.5 Å². The van der Waals surface area contributed by atoms with Gasteiger partial charge in [-0.2, -0.15) is 0 Å². The van der Waals surface area contributed by atoms with Gasteiger partial charge in [-0.1, -0.05) is 20.3 Å². The van der Waals surface area contributed by atoms with Crippen LogP contribution in [0.2, 0.25) is 0 Å². The lowest BCUT2D eigenvalue weighted by molar-refractivity contribution is 0.106. The quantitative estimate of drug-likeness (QED) is 0.673. The van der Waals surface area contributed by atoms with Gasteiger partial charge in [0.15, 0.2) is 0 Å². The second kappa shape index (κ2) is 7.34. The first kappa shape index (κ1) is 14.9. The fraction of sp³-hybridized carbons (Fsp3) is 1.00. The Bertz CT molecular complexity index is 206. The van der Waals surface area contributed by atoms with Crippen LogP contribution in [0.15, 0.2) is 0 Å². The Balaban J connectivity index is 2.43. The Morgan fingerprint density at radius 1 is 1.35 bits per heavy atom. The van der Waals surface area contributed by atoms with Crippen LogP contribution in [0.25, 0.3) is 0 Å². The van der Waals surface area contributed by atoms with Crippen molar-refractivity contribution in [1.29, 1.82) is 0 Å². The van der Waals surface area contributed by atoms with Crippen molar-refractivity contribution in [2.75, 3.05) is 26.8 Å². The van der Waals surface area contributed by atoms with E-state index in [0.29, 0.717) is 12.0 Å². The zero-order valence-corrected chi connectivity index (χ0v) is 12.0. The minimum Gasteiger partial charge on any atom is -0.383 e. The summed E-state index contributed by atoms with van der Waals surface area (Å²) >= 11 is 0. The predicted octanol–water partition coefficient (Wildman–Crippen LogP) is 2.11. The average molecular weight is 242 g/mol.